The Balaban J connectivity index is 3.09. The van der Waals surface area contributed by atoms with Gasteiger partial charge in [0, 0.05) is 13.1 Å². The van der Waals surface area contributed by atoms with Gasteiger partial charge in [0.2, 0.25) is 6.41 Å². The van der Waals surface area contributed by atoms with E-state index >= 15 is 0 Å². The molecule has 0 fully saturated rings. The van der Waals surface area contributed by atoms with Crippen molar-refractivity contribution >= 4 is 28.4 Å². The lowest BCUT2D eigenvalue weighted by molar-refractivity contribution is -0.107. The Morgan fingerprint density at radius 1 is 1.57 bits per heavy atom. The fourth-order valence-corrected chi connectivity index (χ4v) is 2.49. The van der Waals surface area contributed by atoms with Crippen molar-refractivity contribution in [2.24, 2.45) is 0 Å². The average molecular weight is 212 g/mol. The van der Waals surface area contributed by atoms with Gasteiger partial charge >= 0.3 is 0 Å². The van der Waals surface area contributed by atoms with Crippen molar-refractivity contribution in [3.05, 3.63) is 10.9 Å². The van der Waals surface area contributed by atoms with Gasteiger partial charge in [0.1, 0.15) is 5.00 Å². The summed E-state index contributed by atoms with van der Waals surface area (Å²) in [6, 6.07) is 0.192. The first-order chi connectivity index (χ1) is 6.61. The summed E-state index contributed by atoms with van der Waals surface area (Å²) in [4.78, 5) is 12.7. The molecule has 0 saturated heterocycles. The fraction of sp³-hybridized carbons (Fsp3) is 0.500. The molecular formula is C10H16N2OS. The maximum absolute atomic E-state index is 10.9. The highest BCUT2D eigenvalue weighted by atomic mass is 32.1. The third kappa shape index (κ3) is 1.90. The number of amides is 1. The molecule has 1 N–H and O–H groups in total. The van der Waals surface area contributed by atoms with Crippen LogP contribution >= 0.6 is 11.3 Å². The van der Waals surface area contributed by atoms with E-state index in [0.717, 1.165) is 17.1 Å². The van der Waals surface area contributed by atoms with Crippen LogP contribution in [0.15, 0.2) is 5.38 Å². The van der Waals surface area contributed by atoms with Crippen LogP contribution in [0, 0.1) is 6.92 Å². The minimum atomic E-state index is 0.192. The molecule has 0 aliphatic heterocycles. The van der Waals surface area contributed by atoms with Crippen LogP contribution in [0.5, 0.6) is 0 Å². The van der Waals surface area contributed by atoms with E-state index in [9.17, 15) is 4.79 Å². The molecule has 1 aromatic heterocycles. The lowest BCUT2D eigenvalue weighted by atomic mass is 10.3. The maximum atomic E-state index is 10.9. The minimum absolute atomic E-state index is 0.192. The molecule has 78 valence electrons. The molecular weight excluding hydrogens is 196 g/mol. The van der Waals surface area contributed by atoms with Gasteiger partial charge in [0.15, 0.2) is 0 Å². The standard InChI is InChI=1S/C10H16N2OS/c1-7(2)12(6-13)10-9(11-4)8(3)5-14-10/h5-7,11H,1-4H3. The highest BCUT2D eigenvalue weighted by molar-refractivity contribution is 7.15. The van der Waals surface area contributed by atoms with E-state index in [2.05, 4.69) is 10.7 Å². The third-order valence-electron chi connectivity index (χ3n) is 2.11. The van der Waals surface area contributed by atoms with Gasteiger partial charge < -0.3 is 10.2 Å². The molecule has 0 aliphatic carbocycles. The van der Waals surface area contributed by atoms with Crippen molar-refractivity contribution in [1.29, 1.82) is 0 Å². The number of anilines is 2. The summed E-state index contributed by atoms with van der Waals surface area (Å²) >= 11 is 1.59. The van der Waals surface area contributed by atoms with Gasteiger partial charge in [-0.25, -0.2) is 0 Å². The van der Waals surface area contributed by atoms with Crippen molar-refractivity contribution in [3.8, 4) is 0 Å². The molecule has 0 spiro atoms. The topological polar surface area (TPSA) is 32.3 Å². The molecule has 1 amide bonds. The van der Waals surface area contributed by atoms with E-state index in [1.54, 1.807) is 16.2 Å². The zero-order valence-corrected chi connectivity index (χ0v) is 9.81. The van der Waals surface area contributed by atoms with E-state index < -0.39 is 0 Å². The number of thiophene rings is 1. The molecule has 0 radical (unpaired) electrons. The third-order valence-corrected chi connectivity index (χ3v) is 3.22. The molecule has 0 bridgehead atoms. The highest BCUT2D eigenvalue weighted by Crippen LogP contribution is 2.36. The Labute approximate surface area is 88.7 Å². The van der Waals surface area contributed by atoms with Crippen molar-refractivity contribution in [1.82, 2.24) is 0 Å². The first kappa shape index (κ1) is 11.0. The summed E-state index contributed by atoms with van der Waals surface area (Å²) in [6.45, 7) is 6.04. The Bertz CT molecular complexity index is 320. The predicted octanol–water partition coefficient (Wildman–Crippen LogP) is 2.47. The van der Waals surface area contributed by atoms with Crippen LogP contribution in [-0.4, -0.2) is 19.5 Å². The first-order valence-electron chi connectivity index (χ1n) is 4.61. The Morgan fingerprint density at radius 3 is 2.64 bits per heavy atom. The average Bonchev–Trinajstić information content (AvgIpc) is 2.48. The van der Waals surface area contributed by atoms with Crippen LogP contribution in [-0.2, 0) is 4.79 Å². The van der Waals surface area contributed by atoms with Gasteiger partial charge in [-0.1, -0.05) is 0 Å². The van der Waals surface area contributed by atoms with Gasteiger partial charge in [-0.05, 0) is 31.7 Å². The molecule has 0 atom stereocenters. The largest absolute Gasteiger partial charge is 0.386 e. The fourth-order valence-electron chi connectivity index (χ4n) is 1.33. The van der Waals surface area contributed by atoms with Gasteiger partial charge in [0.05, 0.1) is 5.69 Å². The molecule has 1 rings (SSSR count). The van der Waals surface area contributed by atoms with Crippen molar-refractivity contribution in [3.63, 3.8) is 0 Å². The van der Waals surface area contributed by atoms with Gasteiger partial charge in [0.25, 0.3) is 0 Å². The molecule has 0 saturated carbocycles. The number of carbonyl (C=O) groups excluding carboxylic acids is 1. The molecule has 1 heterocycles. The zero-order chi connectivity index (χ0) is 10.7. The SMILES string of the molecule is CNc1c(C)csc1N(C=O)C(C)C. The van der Waals surface area contributed by atoms with Crippen LogP contribution in [0.25, 0.3) is 0 Å². The van der Waals surface area contributed by atoms with Crippen molar-refractivity contribution < 1.29 is 4.79 Å². The van der Waals surface area contributed by atoms with Crippen LogP contribution < -0.4 is 10.2 Å². The Kier molecular flexibility index (Phi) is 3.52. The Hall–Kier alpha value is -1.03. The van der Waals surface area contributed by atoms with Crippen molar-refractivity contribution in [2.45, 2.75) is 26.8 Å². The second-order valence-electron chi connectivity index (χ2n) is 3.46. The van der Waals surface area contributed by atoms with E-state index in [1.807, 2.05) is 27.8 Å². The summed E-state index contributed by atoms with van der Waals surface area (Å²) in [6.07, 6.45) is 0.886. The molecule has 0 unspecified atom stereocenters. The van der Waals surface area contributed by atoms with Crippen LogP contribution in [0.4, 0.5) is 10.7 Å². The van der Waals surface area contributed by atoms with Crippen LogP contribution in [0.3, 0.4) is 0 Å². The lowest BCUT2D eigenvalue weighted by Crippen LogP contribution is -2.28. The summed E-state index contributed by atoms with van der Waals surface area (Å²) in [5.74, 6) is 0. The molecule has 14 heavy (non-hydrogen) atoms. The number of nitrogens with one attached hydrogen (secondary N) is 1. The molecule has 0 aromatic carbocycles. The van der Waals surface area contributed by atoms with Gasteiger partial charge in [-0.15, -0.1) is 11.3 Å². The van der Waals surface area contributed by atoms with Crippen LogP contribution in [0.1, 0.15) is 19.4 Å². The van der Waals surface area contributed by atoms with E-state index in [4.69, 9.17) is 0 Å². The van der Waals surface area contributed by atoms with E-state index in [-0.39, 0.29) is 6.04 Å². The van der Waals surface area contributed by atoms with Gasteiger partial charge in [-0.3, -0.25) is 4.79 Å². The molecule has 0 aliphatic rings. The smallest absolute Gasteiger partial charge is 0.215 e. The lowest BCUT2D eigenvalue weighted by Gasteiger charge is -2.21. The number of carbonyl (C=O) groups is 1. The summed E-state index contributed by atoms with van der Waals surface area (Å²) in [5.41, 5.74) is 2.23. The number of hydrogen-bond acceptors (Lipinski definition) is 3. The van der Waals surface area contributed by atoms with Gasteiger partial charge in [-0.2, -0.15) is 0 Å². The normalized spacial score (nSPS) is 10.4. The summed E-state index contributed by atoms with van der Waals surface area (Å²) in [5, 5.41) is 6.17. The van der Waals surface area contributed by atoms with E-state index in [1.165, 1.54) is 5.56 Å². The first-order valence-corrected chi connectivity index (χ1v) is 5.49. The number of rotatable bonds is 4. The highest BCUT2D eigenvalue weighted by Gasteiger charge is 2.16. The molecule has 1 aromatic rings. The second kappa shape index (κ2) is 4.46. The number of nitrogens with zero attached hydrogens (tertiary/aromatic N) is 1. The molecule has 3 nitrogen and oxygen atoms in total. The van der Waals surface area contributed by atoms with E-state index in [0.29, 0.717) is 0 Å². The monoisotopic (exact) mass is 212 g/mol. The maximum Gasteiger partial charge on any atom is 0.215 e. The quantitative estimate of drug-likeness (QED) is 0.778. The predicted molar refractivity (Wildman–Crippen MR) is 62.3 cm³/mol. The number of hydrogen-bond donors (Lipinski definition) is 1. The number of aryl methyl sites for hydroxylation is 1. The Morgan fingerprint density at radius 2 is 2.21 bits per heavy atom. The summed E-state index contributed by atoms with van der Waals surface area (Å²) < 4.78 is 0. The summed E-state index contributed by atoms with van der Waals surface area (Å²) in [7, 11) is 1.88. The minimum Gasteiger partial charge on any atom is -0.386 e. The van der Waals surface area contributed by atoms with Crippen LogP contribution in [0.2, 0.25) is 0 Å². The second-order valence-corrected chi connectivity index (χ2v) is 4.31. The zero-order valence-electron chi connectivity index (χ0n) is 9.00. The molecule has 4 heteroatoms. The van der Waals surface area contributed by atoms with Crippen molar-refractivity contribution in [2.75, 3.05) is 17.3 Å².